The topological polar surface area (TPSA) is 96.7 Å². The number of hydrogen-bond donors (Lipinski definition) is 0. The molecule has 1 aromatic carbocycles. The second-order valence-corrected chi connectivity index (χ2v) is 6.83. The molecule has 5 rings (SSSR count). The molecule has 0 N–H and O–H groups in total. The Morgan fingerprint density at radius 2 is 2.24 bits per heavy atom. The Balaban J connectivity index is 1.73. The summed E-state index contributed by atoms with van der Waals surface area (Å²) < 4.78 is 33.5. The highest BCUT2D eigenvalue weighted by molar-refractivity contribution is 5.83. The molecule has 1 aliphatic rings. The fourth-order valence-corrected chi connectivity index (χ4v) is 3.72. The molecule has 0 radical (unpaired) electrons. The molecule has 1 atom stereocenters. The fourth-order valence-electron chi connectivity index (χ4n) is 3.72. The van der Waals surface area contributed by atoms with E-state index in [1.165, 1.54) is 24.1 Å². The Hall–Kier alpha value is -3.11. The summed E-state index contributed by atoms with van der Waals surface area (Å²) in [6.45, 7) is 1.10. The number of para-hydroxylation sites is 1. The van der Waals surface area contributed by atoms with E-state index in [0.29, 0.717) is 18.0 Å². The molecular weight excluding hydrogens is 381 g/mol. The van der Waals surface area contributed by atoms with Crippen LogP contribution in [0.3, 0.4) is 0 Å². The predicted molar refractivity (Wildman–Crippen MR) is 100 cm³/mol. The summed E-state index contributed by atoms with van der Waals surface area (Å²) in [5, 5.41) is 4.00. The summed E-state index contributed by atoms with van der Waals surface area (Å²) >= 11 is 0. The molecule has 4 heterocycles. The van der Waals surface area contributed by atoms with Gasteiger partial charge in [0.2, 0.25) is 5.82 Å². The van der Waals surface area contributed by atoms with E-state index in [2.05, 4.69) is 15.1 Å². The zero-order valence-corrected chi connectivity index (χ0v) is 15.7. The molecule has 9 nitrogen and oxygen atoms in total. The lowest BCUT2D eigenvalue weighted by atomic mass is 10.2. The van der Waals surface area contributed by atoms with Crippen molar-refractivity contribution in [1.82, 2.24) is 24.1 Å². The first-order valence-electron chi connectivity index (χ1n) is 9.31. The second-order valence-electron chi connectivity index (χ2n) is 6.83. The van der Waals surface area contributed by atoms with Crippen molar-refractivity contribution in [3.05, 3.63) is 46.6 Å². The normalized spacial score (nSPS) is 17.0. The van der Waals surface area contributed by atoms with Gasteiger partial charge in [-0.15, -0.1) is 0 Å². The van der Waals surface area contributed by atoms with Gasteiger partial charge < -0.3 is 18.6 Å². The second kappa shape index (κ2) is 7.05. The lowest BCUT2D eigenvalue weighted by Gasteiger charge is -2.12. The summed E-state index contributed by atoms with van der Waals surface area (Å²) in [5.74, 6) is 0.0717. The Kier molecular flexibility index (Phi) is 4.36. The maximum Gasteiger partial charge on any atom is 0.277 e. The summed E-state index contributed by atoms with van der Waals surface area (Å²) in [6, 6.07) is 4.64. The Labute approximate surface area is 163 Å². The number of methoxy groups -OCH3 is 1. The van der Waals surface area contributed by atoms with Gasteiger partial charge in [0.25, 0.3) is 11.4 Å². The van der Waals surface area contributed by atoms with Gasteiger partial charge in [0.1, 0.15) is 35.0 Å². The van der Waals surface area contributed by atoms with Crippen molar-refractivity contribution in [3.8, 4) is 11.5 Å². The number of benzene rings is 1. The number of hydrogen-bond acceptors (Lipinski definition) is 7. The Morgan fingerprint density at radius 1 is 1.34 bits per heavy atom. The van der Waals surface area contributed by atoms with Crippen molar-refractivity contribution in [2.45, 2.75) is 25.5 Å². The van der Waals surface area contributed by atoms with Crippen molar-refractivity contribution in [2.75, 3.05) is 20.3 Å². The van der Waals surface area contributed by atoms with Gasteiger partial charge in [0.15, 0.2) is 0 Å². The van der Waals surface area contributed by atoms with Crippen molar-refractivity contribution in [1.29, 1.82) is 0 Å². The third kappa shape index (κ3) is 2.83. The molecule has 0 aliphatic carbocycles. The number of nitrogens with zero attached hydrogens (tertiary/aromatic N) is 5. The molecule has 4 aromatic rings. The number of rotatable bonds is 5. The Bertz CT molecular complexity index is 1250. The molecular formula is C19H18FN5O4. The summed E-state index contributed by atoms with van der Waals surface area (Å²) in [4.78, 5) is 22.0. The predicted octanol–water partition coefficient (Wildman–Crippen LogP) is 2.34. The van der Waals surface area contributed by atoms with E-state index in [9.17, 15) is 9.18 Å². The van der Waals surface area contributed by atoms with E-state index in [4.69, 9.17) is 14.0 Å². The molecule has 0 amide bonds. The van der Waals surface area contributed by atoms with Gasteiger partial charge in [-0.2, -0.15) is 4.98 Å². The zero-order chi connectivity index (χ0) is 20.0. The molecule has 0 spiro atoms. The average Bonchev–Trinajstić information content (AvgIpc) is 3.47. The molecule has 0 bridgehead atoms. The van der Waals surface area contributed by atoms with E-state index < -0.39 is 11.4 Å². The van der Waals surface area contributed by atoms with E-state index >= 15 is 0 Å². The molecule has 0 saturated carbocycles. The minimum Gasteiger partial charge on any atom is -0.383 e. The van der Waals surface area contributed by atoms with Crippen molar-refractivity contribution < 1.29 is 18.4 Å². The summed E-state index contributed by atoms with van der Waals surface area (Å²) in [5.41, 5.74) is 0.825. The van der Waals surface area contributed by atoms with Crippen LogP contribution in [0.15, 0.2) is 33.8 Å². The minimum absolute atomic E-state index is 0.194. The van der Waals surface area contributed by atoms with E-state index in [-0.39, 0.29) is 41.8 Å². The first-order valence-corrected chi connectivity index (χ1v) is 9.31. The van der Waals surface area contributed by atoms with Crippen LogP contribution in [-0.2, 0) is 16.0 Å². The van der Waals surface area contributed by atoms with Crippen molar-refractivity contribution >= 4 is 16.6 Å². The van der Waals surface area contributed by atoms with Gasteiger partial charge in [-0.1, -0.05) is 11.2 Å². The quantitative estimate of drug-likeness (QED) is 0.508. The molecule has 1 fully saturated rings. The molecule has 1 aliphatic heterocycles. The summed E-state index contributed by atoms with van der Waals surface area (Å²) in [6.07, 6.45) is 2.96. The number of halogens is 1. The van der Waals surface area contributed by atoms with E-state index in [1.807, 2.05) is 0 Å². The highest BCUT2D eigenvalue weighted by atomic mass is 19.1. The zero-order valence-electron chi connectivity index (χ0n) is 15.7. The lowest BCUT2D eigenvalue weighted by molar-refractivity contribution is 0.0835. The molecule has 29 heavy (non-hydrogen) atoms. The highest BCUT2D eigenvalue weighted by Gasteiger charge is 2.26. The monoisotopic (exact) mass is 399 g/mol. The van der Waals surface area contributed by atoms with Gasteiger partial charge in [-0.05, 0) is 25.0 Å². The van der Waals surface area contributed by atoms with Crippen LogP contribution in [-0.4, -0.2) is 44.4 Å². The number of ether oxygens (including phenoxy) is 2. The van der Waals surface area contributed by atoms with E-state index in [0.717, 1.165) is 12.8 Å². The molecule has 1 unspecified atom stereocenters. The SMILES string of the molecule is COCCn1c(=O)c2c(-c3noc(C4CCCO4)n3)ncn2c2cccc(F)c21. The first kappa shape index (κ1) is 18.0. The van der Waals surface area contributed by atoms with Crippen molar-refractivity contribution in [2.24, 2.45) is 0 Å². The molecule has 10 heteroatoms. The van der Waals surface area contributed by atoms with Crippen LogP contribution in [0.1, 0.15) is 24.8 Å². The van der Waals surface area contributed by atoms with Crippen LogP contribution in [0.5, 0.6) is 0 Å². The maximum absolute atomic E-state index is 14.6. The standard InChI is InChI=1S/C19H18FN5O4/c1-27-9-7-24-15-11(20)4-2-5-12(15)25-10-21-14(16(25)19(24)26)17-22-18(29-23-17)13-6-3-8-28-13/h2,4-5,10,13H,3,6-9H2,1H3. The molecule has 150 valence electrons. The third-order valence-corrected chi connectivity index (χ3v) is 5.09. The van der Waals surface area contributed by atoms with Crippen LogP contribution in [0.2, 0.25) is 0 Å². The van der Waals surface area contributed by atoms with Gasteiger partial charge in [-0.25, -0.2) is 9.37 Å². The lowest BCUT2D eigenvalue weighted by Crippen LogP contribution is -2.25. The number of imidazole rings is 1. The first-order chi connectivity index (χ1) is 14.2. The van der Waals surface area contributed by atoms with Gasteiger partial charge >= 0.3 is 0 Å². The molecule has 1 saturated heterocycles. The number of fused-ring (bicyclic) bond motifs is 3. The fraction of sp³-hybridized carbons (Fsp3) is 0.368. The maximum atomic E-state index is 14.6. The van der Waals surface area contributed by atoms with Gasteiger partial charge in [-0.3, -0.25) is 9.20 Å². The minimum atomic E-state index is -0.493. The van der Waals surface area contributed by atoms with Crippen LogP contribution in [0, 0.1) is 5.82 Å². The highest BCUT2D eigenvalue weighted by Crippen LogP contribution is 2.29. The average molecular weight is 399 g/mol. The van der Waals surface area contributed by atoms with Gasteiger partial charge in [0.05, 0.1) is 12.1 Å². The van der Waals surface area contributed by atoms with E-state index in [1.54, 1.807) is 16.5 Å². The largest absolute Gasteiger partial charge is 0.383 e. The van der Waals surface area contributed by atoms with Crippen LogP contribution < -0.4 is 5.56 Å². The van der Waals surface area contributed by atoms with Crippen LogP contribution in [0.25, 0.3) is 28.1 Å². The third-order valence-electron chi connectivity index (χ3n) is 5.09. The molecule has 3 aromatic heterocycles. The van der Waals surface area contributed by atoms with Crippen LogP contribution >= 0.6 is 0 Å². The Morgan fingerprint density at radius 3 is 3.03 bits per heavy atom. The smallest absolute Gasteiger partial charge is 0.277 e. The van der Waals surface area contributed by atoms with Gasteiger partial charge in [0, 0.05) is 20.3 Å². The van der Waals surface area contributed by atoms with Crippen LogP contribution in [0.4, 0.5) is 4.39 Å². The van der Waals surface area contributed by atoms with Crippen molar-refractivity contribution in [3.63, 3.8) is 0 Å². The summed E-state index contributed by atoms with van der Waals surface area (Å²) in [7, 11) is 1.53. The number of aromatic nitrogens is 5.